The molecule has 0 unspecified atom stereocenters. The lowest BCUT2D eigenvalue weighted by atomic mass is 10.1. The molecule has 0 N–H and O–H groups in total. The quantitative estimate of drug-likeness (QED) is 0.672. The highest BCUT2D eigenvalue weighted by Crippen LogP contribution is 2.23. The number of fused-ring (bicyclic) bond motifs is 1. The molecule has 3 aromatic carbocycles. The summed E-state index contributed by atoms with van der Waals surface area (Å²) in [6.07, 6.45) is 2.04. The monoisotopic (exact) mass is 358 g/mol. The molecular weight excluding hydrogens is 332 g/mol. The molecule has 0 radical (unpaired) electrons. The van der Waals surface area contributed by atoms with Gasteiger partial charge in [0, 0.05) is 20.1 Å². The Labute approximate surface area is 161 Å². The maximum Gasteiger partial charge on any atom is 0.239 e. The summed E-state index contributed by atoms with van der Waals surface area (Å²) < 4.78 is 0. The molecule has 3 aromatic rings. The Kier molecular flexibility index (Phi) is 5.21. The van der Waals surface area contributed by atoms with Crippen LogP contribution in [0.15, 0.2) is 72.8 Å². The summed E-state index contributed by atoms with van der Waals surface area (Å²) in [5, 5.41) is 2.46. The number of hydrogen-bond donors (Lipinski definition) is 0. The normalized spacial score (nSPS) is 17.3. The molecule has 1 saturated heterocycles. The first kappa shape index (κ1) is 17.7. The van der Waals surface area contributed by atoms with Crippen LogP contribution in [0, 0.1) is 0 Å². The van der Waals surface area contributed by atoms with Crippen LogP contribution >= 0.6 is 0 Å². The van der Waals surface area contributed by atoms with Crippen LogP contribution in [0.5, 0.6) is 0 Å². The van der Waals surface area contributed by atoms with Crippen LogP contribution in [0.25, 0.3) is 10.8 Å². The molecule has 1 amide bonds. The van der Waals surface area contributed by atoms with E-state index in [0.717, 1.165) is 25.9 Å². The lowest BCUT2D eigenvalue weighted by Crippen LogP contribution is -2.43. The molecular formula is C24H26N2O. The standard InChI is InChI=1S/C24H26N2O/c1-25(17-20-13-14-21-10-5-6-11-22(21)16-20)24(27)23-12-7-15-26(23)18-19-8-3-2-4-9-19/h2-6,8-11,13-14,16,23H,7,12,15,17-18H2,1H3/t23-/m0/s1. The van der Waals surface area contributed by atoms with Crippen molar-refractivity contribution >= 4 is 16.7 Å². The molecule has 0 saturated carbocycles. The summed E-state index contributed by atoms with van der Waals surface area (Å²) in [7, 11) is 1.93. The number of nitrogens with zero attached hydrogens (tertiary/aromatic N) is 2. The van der Waals surface area contributed by atoms with Crippen molar-refractivity contribution in [1.29, 1.82) is 0 Å². The Morgan fingerprint density at radius 2 is 1.70 bits per heavy atom. The molecule has 1 aliphatic rings. The third kappa shape index (κ3) is 4.04. The second kappa shape index (κ2) is 7.93. The molecule has 0 bridgehead atoms. The van der Waals surface area contributed by atoms with Gasteiger partial charge >= 0.3 is 0 Å². The molecule has 1 atom stereocenters. The average Bonchev–Trinajstić information content (AvgIpc) is 3.16. The molecule has 0 aliphatic carbocycles. The van der Waals surface area contributed by atoms with E-state index in [1.807, 2.05) is 18.0 Å². The summed E-state index contributed by atoms with van der Waals surface area (Å²) in [6, 6.07) is 25.2. The number of amides is 1. The maximum atomic E-state index is 13.1. The van der Waals surface area contributed by atoms with Crippen molar-refractivity contribution in [2.75, 3.05) is 13.6 Å². The number of likely N-dealkylation sites (N-methyl/N-ethyl adjacent to an activating group) is 1. The van der Waals surface area contributed by atoms with Gasteiger partial charge in [-0.2, -0.15) is 0 Å². The van der Waals surface area contributed by atoms with Crippen molar-refractivity contribution in [3.05, 3.63) is 83.9 Å². The van der Waals surface area contributed by atoms with E-state index >= 15 is 0 Å². The zero-order valence-corrected chi connectivity index (χ0v) is 15.8. The van der Waals surface area contributed by atoms with E-state index in [1.165, 1.54) is 21.9 Å². The Hall–Kier alpha value is -2.65. The van der Waals surface area contributed by atoms with Gasteiger partial charge in [0.15, 0.2) is 0 Å². The van der Waals surface area contributed by atoms with E-state index in [0.29, 0.717) is 6.54 Å². The minimum Gasteiger partial charge on any atom is -0.340 e. The molecule has 138 valence electrons. The molecule has 0 aromatic heterocycles. The zero-order chi connectivity index (χ0) is 18.6. The van der Waals surface area contributed by atoms with Crippen molar-refractivity contribution < 1.29 is 4.79 Å². The van der Waals surface area contributed by atoms with Crippen molar-refractivity contribution in [2.24, 2.45) is 0 Å². The number of benzene rings is 3. The van der Waals surface area contributed by atoms with Gasteiger partial charge in [0.05, 0.1) is 6.04 Å². The molecule has 1 heterocycles. The van der Waals surface area contributed by atoms with E-state index in [-0.39, 0.29) is 11.9 Å². The summed E-state index contributed by atoms with van der Waals surface area (Å²) in [6.45, 7) is 2.50. The van der Waals surface area contributed by atoms with Crippen LogP contribution < -0.4 is 0 Å². The van der Waals surface area contributed by atoms with Crippen molar-refractivity contribution in [1.82, 2.24) is 9.80 Å². The molecule has 1 fully saturated rings. The van der Waals surface area contributed by atoms with Gasteiger partial charge in [0.2, 0.25) is 5.91 Å². The van der Waals surface area contributed by atoms with Crippen molar-refractivity contribution in [2.45, 2.75) is 32.0 Å². The fourth-order valence-corrected chi connectivity index (χ4v) is 4.06. The highest BCUT2D eigenvalue weighted by atomic mass is 16.2. The first-order valence-corrected chi connectivity index (χ1v) is 9.71. The summed E-state index contributed by atoms with van der Waals surface area (Å²) in [5.41, 5.74) is 2.45. The average molecular weight is 358 g/mol. The van der Waals surface area contributed by atoms with Gasteiger partial charge in [-0.3, -0.25) is 9.69 Å². The molecule has 1 aliphatic heterocycles. The van der Waals surface area contributed by atoms with E-state index < -0.39 is 0 Å². The molecule has 4 rings (SSSR count). The molecule has 27 heavy (non-hydrogen) atoms. The minimum atomic E-state index is -0.00402. The lowest BCUT2D eigenvalue weighted by molar-refractivity contribution is -0.135. The topological polar surface area (TPSA) is 23.6 Å². The van der Waals surface area contributed by atoms with Crippen LogP contribution in [0.1, 0.15) is 24.0 Å². The van der Waals surface area contributed by atoms with Gasteiger partial charge in [-0.1, -0.05) is 66.7 Å². The number of rotatable bonds is 5. The third-order valence-corrected chi connectivity index (χ3v) is 5.49. The highest BCUT2D eigenvalue weighted by molar-refractivity contribution is 5.84. The van der Waals surface area contributed by atoms with Gasteiger partial charge in [-0.05, 0) is 47.4 Å². The van der Waals surface area contributed by atoms with Crippen molar-refractivity contribution in [3.8, 4) is 0 Å². The van der Waals surface area contributed by atoms with Gasteiger partial charge < -0.3 is 4.90 Å². The highest BCUT2D eigenvalue weighted by Gasteiger charge is 2.32. The van der Waals surface area contributed by atoms with E-state index in [2.05, 4.69) is 71.6 Å². The van der Waals surface area contributed by atoms with Crippen LogP contribution in [0.2, 0.25) is 0 Å². The number of carbonyl (C=O) groups is 1. The Bertz CT molecular complexity index is 922. The summed E-state index contributed by atoms with van der Waals surface area (Å²) >= 11 is 0. The predicted octanol–water partition coefficient (Wildman–Crippen LogP) is 4.46. The third-order valence-electron chi connectivity index (χ3n) is 5.49. The predicted molar refractivity (Wildman–Crippen MR) is 110 cm³/mol. The fourth-order valence-electron chi connectivity index (χ4n) is 4.06. The van der Waals surface area contributed by atoms with Crippen LogP contribution in [0.4, 0.5) is 0 Å². The fraction of sp³-hybridized carbons (Fsp3) is 0.292. The largest absolute Gasteiger partial charge is 0.340 e. The first-order chi connectivity index (χ1) is 13.2. The first-order valence-electron chi connectivity index (χ1n) is 9.71. The van der Waals surface area contributed by atoms with Crippen LogP contribution in [-0.2, 0) is 17.9 Å². The smallest absolute Gasteiger partial charge is 0.239 e. The number of likely N-dealkylation sites (tertiary alicyclic amines) is 1. The summed E-state index contributed by atoms with van der Waals surface area (Å²) in [5.74, 6) is 0.233. The van der Waals surface area contributed by atoms with Gasteiger partial charge in [0.1, 0.15) is 0 Å². The number of hydrogen-bond acceptors (Lipinski definition) is 2. The van der Waals surface area contributed by atoms with Gasteiger partial charge in [-0.15, -0.1) is 0 Å². The van der Waals surface area contributed by atoms with Gasteiger partial charge in [-0.25, -0.2) is 0 Å². The second-order valence-electron chi connectivity index (χ2n) is 7.49. The van der Waals surface area contributed by atoms with Crippen LogP contribution in [0.3, 0.4) is 0 Å². The zero-order valence-electron chi connectivity index (χ0n) is 15.8. The molecule has 0 spiro atoms. The molecule has 3 heteroatoms. The minimum absolute atomic E-state index is 0.00402. The van der Waals surface area contributed by atoms with Crippen LogP contribution in [-0.4, -0.2) is 35.3 Å². The Morgan fingerprint density at radius 1 is 0.963 bits per heavy atom. The van der Waals surface area contributed by atoms with Crippen molar-refractivity contribution in [3.63, 3.8) is 0 Å². The summed E-state index contributed by atoms with van der Waals surface area (Å²) in [4.78, 5) is 17.3. The second-order valence-corrected chi connectivity index (χ2v) is 7.49. The number of carbonyl (C=O) groups excluding carboxylic acids is 1. The lowest BCUT2D eigenvalue weighted by Gasteiger charge is -2.28. The maximum absolute atomic E-state index is 13.1. The van der Waals surface area contributed by atoms with Gasteiger partial charge in [0.25, 0.3) is 0 Å². The SMILES string of the molecule is CN(Cc1ccc2ccccc2c1)C(=O)[C@@H]1CCCN1Cc1ccccc1. The Balaban J connectivity index is 1.44. The van der Waals surface area contributed by atoms with E-state index in [9.17, 15) is 4.79 Å². The molecule has 3 nitrogen and oxygen atoms in total. The van der Waals surface area contributed by atoms with E-state index in [4.69, 9.17) is 0 Å². The van der Waals surface area contributed by atoms with E-state index in [1.54, 1.807) is 0 Å². The Morgan fingerprint density at radius 3 is 2.52 bits per heavy atom.